The molecule has 4 heteroatoms. The van der Waals surface area contributed by atoms with Crippen molar-refractivity contribution in [2.24, 2.45) is 0 Å². The second-order valence-electron chi connectivity index (χ2n) is 2.48. The second kappa shape index (κ2) is 5.53. The lowest BCUT2D eigenvalue weighted by atomic mass is 10.2. The van der Waals surface area contributed by atoms with Crippen LogP contribution >= 0.6 is 0 Å². The molecule has 4 nitrogen and oxygen atoms in total. The third-order valence-corrected chi connectivity index (χ3v) is 1.61. The van der Waals surface area contributed by atoms with E-state index in [4.69, 9.17) is 9.68 Å². The Kier molecular flexibility index (Phi) is 4.25. The highest BCUT2D eigenvalue weighted by molar-refractivity contribution is 5.26. The molecule has 0 radical (unpaired) electrons. The molecule has 0 bridgehead atoms. The van der Waals surface area contributed by atoms with Crippen molar-refractivity contribution in [2.45, 2.75) is 6.54 Å². The van der Waals surface area contributed by atoms with Crippen LogP contribution in [0.25, 0.3) is 0 Å². The number of hydroxylamine groups is 2. The molecule has 0 atom stereocenters. The Hall–Kier alpha value is -1.10. The van der Waals surface area contributed by atoms with E-state index in [0.29, 0.717) is 6.54 Å². The van der Waals surface area contributed by atoms with Crippen molar-refractivity contribution in [1.82, 2.24) is 11.0 Å². The van der Waals surface area contributed by atoms with Crippen LogP contribution in [0.4, 0.5) is 0 Å². The summed E-state index contributed by atoms with van der Waals surface area (Å²) in [7, 11) is 3.35. The molecule has 0 amide bonds. The molecule has 1 aromatic rings. The summed E-state index contributed by atoms with van der Waals surface area (Å²) in [5.74, 6) is 0.860. The van der Waals surface area contributed by atoms with Gasteiger partial charge in [-0.3, -0.25) is 0 Å². The fraction of sp³-hybridized carbons (Fsp3) is 0.333. The zero-order valence-corrected chi connectivity index (χ0v) is 7.83. The number of methoxy groups -OCH3 is 1. The zero-order valence-electron chi connectivity index (χ0n) is 7.83. The number of nitrogens with one attached hydrogen (secondary N) is 2. The summed E-state index contributed by atoms with van der Waals surface area (Å²) < 4.78 is 5.03. The molecule has 0 aliphatic rings. The van der Waals surface area contributed by atoms with Gasteiger partial charge in [0.1, 0.15) is 5.75 Å². The molecule has 1 rings (SSSR count). The largest absolute Gasteiger partial charge is 0.497 e. The molecule has 0 fully saturated rings. The Morgan fingerprint density at radius 3 is 2.46 bits per heavy atom. The normalized spacial score (nSPS) is 10.0. The van der Waals surface area contributed by atoms with Gasteiger partial charge in [0.05, 0.1) is 7.11 Å². The fourth-order valence-electron chi connectivity index (χ4n) is 0.935. The first-order valence-corrected chi connectivity index (χ1v) is 4.05. The van der Waals surface area contributed by atoms with Crippen LogP contribution in [0.5, 0.6) is 5.75 Å². The van der Waals surface area contributed by atoms with Crippen LogP contribution < -0.4 is 15.7 Å². The molecule has 0 aromatic heterocycles. The average Bonchev–Trinajstić information content (AvgIpc) is 2.19. The molecule has 0 saturated carbocycles. The van der Waals surface area contributed by atoms with Crippen LogP contribution in [0.1, 0.15) is 5.56 Å². The topological polar surface area (TPSA) is 42.5 Å². The predicted molar refractivity (Wildman–Crippen MR) is 50.0 cm³/mol. The first-order valence-electron chi connectivity index (χ1n) is 4.05. The first kappa shape index (κ1) is 9.98. The van der Waals surface area contributed by atoms with Crippen LogP contribution in [-0.2, 0) is 11.5 Å². The molecule has 0 spiro atoms. The number of benzene rings is 1. The van der Waals surface area contributed by atoms with Crippen molar-refractivity contribution in [3.05, 3.63) is 29.8 Å². The van der Waals surface area contributed by atoms with Crippen LogP contribution in [0.3, 0.4) is 0 Å². The highest BCUT2D eigenvalue weighted by Crippen LogP contribution is 2.10. The van der Waals surface area contributed by atoms with Crippen LogP contribution in [-0.4, -0.2) is 14.2 Å². The van der Waals surface area contributed by atoms with Gasteiger partial charge >= 0.3 is 0 Å². The standard InChI is InChI=1S/C9H14N2O2/c1-10-13-11-7-8-3-5-9(12-2)6-4-8/h3-6,10-11H,7H2,1-2H3. The van der Waals surface area contributed by atoms with Gasteiger partial charge in [-0.2, -0.15) is 11.0 Å². The molecule has 0 heterocycles. The summed E-state index contributed by atoms with van der Waals surface area (Å²) >= 11 is 0. The molecule has 0 unspecified atom stereocenters. The lowest BCUT2D eigenvalue weighted by molar-refractivity contribution is -0.0291. The number of hydrogen-bond acceptors (Lipinski definition) is 4. The van der Waals surface area contributed by atoms with Crippen molar-refractivity contribution in [3.8, 4) is 5.75 Å². The highest BCUT2D eigenvalue weighted by Gasteiger charge is 1.93. The van der Waals surface area contributed by atoms with Gasteiger partial charge in [0, 0.05) is 13.6 Å². The quantitative estimate of drug-likeness (QED) is 0.523. The first-order chi connectivity index (χ1) is 6.36. The van der Waals surface area contributed by atoms with E-state index in [9.17, 15) is 0 Å². The van der Waals surface area contributed by atoms with E-state index in [1.165, 1.54) is 0 Å². The third-order valence-electron chi connectivity index (χ3n) is 1.61. The monoisotopic (exact) mass is 182 g/mol. The van der Waals surface area contributed by atoms with E-state index in [-0.39, 0.29) is 0 Å². The van der Waals surface area contributed by atoms with Crippen molar-refractivity contribution < 1.29 is 9.68 Å². The van der Waals surface area contributed by atoms with E-state index in [2.05, 4.69) is 11.0 Å². The Morgan fingerprint density at radius 1 is 1.23 bits per heavy atom. The molecule has 1 aromatic carbocycles. The lowest BCUT2D eigenvalue weighted by Crippen LogP contribution is -2.21. The predicted octanol–water partition coefficient (Wildman–Crippen LogP) is 0.851. The van der Waals surface area contributed by atoms with Gasteiger partial charge in [0.2, 0.25) is 0 Å². The average molecular weight is 182 g/mol. The number of hydrogen-bond donors (Lipinski definition) is 2. The van der Waals surface area contributed by atoms with Crippen LogP contribution in [0, 0.1) is 0 Å². The maximum atomic E-state index is 5.03. The second-order valence-corrected chi connectivity index (χ2v) is 2.48. The Labute approximate surface area is 77.8 Å². The molecule has 13 heavy (non-hydrogen) atoms. The minimum atomic E-state index is 0.658. The Morgan fingerprint density at radius 2 is 1.92 bits per heavy atom. The molecule has 0 aliphatic carbocycles. The maximum absolute atomic E-state index is 5.03. The third kappa shape index (κ3) is 3.42. The molecule has 2 N–H and O–H groups in total. The van der Waals surface area contributed by atoms with Crippen LogP contribution in [0.15, 0.2) is 24.3 Å². The molecular weight excluding hydrogens is 168 g/mol. The van der Waals surface area contributed by atoms with Crippen molar-refractivity contribution >= 4 is 0 Å². The van der Waals surface area contributed by atoms with E-state index < -0.39 is 0 Å². The summed E-state index contributed by atoms with van der Waals surface area (Å²) in [5.41, 5.74) is 6.40. The van der Waals surface area contributed by atoms with Crippen molar-refractivity contribution in [1.29, 1.82) is 0 Å². The van der Waals surface area contributed by atoms with E-state index in [0.717, 1.165) is 11.3 Å². The van der Waals surface area contributed by atoms with Gasteiger partial charge in [-0.25, -0.2) is 4.94 Å². The van der Waals surface area contributed by atoms with E-state index >= 15 is 0 Å². The van der Waals surface area contributed by atoms with Crippen molar-refractivity contribution in [3.63, 3.8) is 0 Å². The molecule has 0 saturated heterocycles. The maximum Gasteiger partial charge on any atom is 0.118 e. The Bertz CT molecular complexity index is 236. The Balaban J connectivity index is 2.40. The number of rotatable bonds is 5. The summed E-state index contributed by atoms with van der Waals surface area (Å²) in [6, 6.07) is 7.78. The zero-order chi connectivity index (χ0) is 9.52. The van der Waals surface area contributed by atoms with Crippen molar-refractivity contribution in [2.75, 3.05) is 14.2 Å². The van der Waals surface area contributed by atoms with Gasteiger partial charge in [-0.15, -0.1) is 0 Å². The minimum absolute atomic E-state index is 0.658. The van der Waals surface area contributed by atoms with Gasteiger partial charge in [0.25, 0.3) is 0 Å². The lowest BCUT2D eigenvalue weighted by Gasteiger charge is -2.04. The van der Waals surface area contributed by atoms with Gasteiger partial charge in [-0.1, -0.05) is 12.1 Å². The summed E-state index contributed by atoms with van der Waals surface area (Å²) in [6.07, 6.45) is 0. The molecule has 0 aliphatic heterocycles. The number of ether oxygens (including phenoxy) is 1. The van der Waals surface area contributed by atoms with E-state index in [1.807, 2.05) is 24.3 Å². The van der Waals surface area contributed by atoms with E-state index in [1.54, 1.807) is 14.2 Å². The van der Waals surface area contributed by atoms with Gasteiger partial charge < -0.3 is 4.74 Å². The van der Waals surface area contributed by atoms with Crippen LogP contribution in [0.2, 0.25) is 0 Å². The van der Waals surface area contributed by atoms with Gasteiger partial charge in [0.15, 0.2) is 0 Å². The fourth-order valence-corrected chi connectivity index (χ4v) is 0.935. The molecular formula is C9H14N2O2. The highest BCUT2D eigenvalue weighted by atomic mass is 16.8. The molecule has 72 valence electrons. The minimum Gasteiger partial charge on any atom is -0.497 e. The summed E-state index contributed by atoms with van der Waals surface area (Å²) in [5, 5.41) is 0. The smallest absolute Gasteiger partial charge is 0.118 e. The summed E-state index contributed by atoms with van der Waals surface area (Å²) in [6.45, 7) is 0.658. The SMILES string of the molecule is CNONCc1ccc(OC)cc1. The summed E-state index contributed by atoms with van der Waals surface area (Å²) in [4.78, 5) is 4.76. The van der Waals surface area contributed by atoms with Gasteiger partial charge in [-0.05, 0) is 17.7 Å².